The molecule has 0 radical (unpaired) electrons. The minimum Gasteiger partial charge on any atom is -0.496 e. The van der Waals surface area contributed by atoms with Crippen molar-refractivity contribution in [1.82, 2.24) is 0 Å². The summed E-state index contributed by atoms with van der Waals surface area (Å²) in [5, 5.41) is 8.88. The standard InChI is InChI=1S/C10H8BrNO2/c1-6(13)10-7(5-12)8(11)3-4-9(10)14-2/h3-4H,1-2H3. The van der Waals surface area contributed by atoms with Gasteiger partial charge in [-0.05, 0) is 35.0 Å². The van der Waals surface area contributed by atoms with E-state index in [-0.39, 0.29) is 5.78 Å². The topological polar surface area (TPSA) is 50.1 Å². The van der Waals surface area contributed by atoms with Crippen molar-refractivity contribution in [3.8, 4) is 11.8 Å². The van der Waals surface area contributed by atoms with E-state index in [0.29, 0.717) is 21.3 Å². The third-order valence-corrected chi connectivity index (χ3v) is 2.46. The number of rotatable bonds is 2. The number of halogens is 1. The van der Waals surface area contributed by atoms with Crippen LogP contribution in [0.25, 0.3) is 0 Å². The lowest BCUT2D eigenvalue weighted by Gasteiger charge is -2.08. The van der Waals surface area contributed by atoms with Gasteiger partial charge in [0, 0.05) is 4.47 Å². The molecule has 0 heterocycles. The van der Waals surface area contributed by atoms with E-state index in [9.17, 15) is 4.79 Å². The first-order chi connectivity index (χ1) is 6.61. The van der Waals surface area contributed by atoms with Crippen LogP contribution in [0.1, 0.15) is 22.8 Å². The number of ether oxygens (including phenoxy) is 1. The molecule has 0 unspecified atom stereocenters. The van der Waals surface area contributed by atoms with Gasteiger partial charge in [0.1, 0.15) is 11.8 Å². The quantitative estimate of drug-likeness (QED) is 0.762. The van der Waals surface area contributed by atoms with Crippen molar-refractivity contribution < 1.29 is 9.53 Å². The Hall–Kier alpha value is -1.34. The Balaban J connectivity index is 3.54. The van der Waals surface area contributed by atoms with Crippen molar-refractivity contribution in [3.05, 3.63) is 27.7 Å². The van der Waals surface area contributed by atoms with Gasteiger partial charge < -0.3 is 4.74 Å². The molecule has 3 nitrogen and oxygen atoms in total. The van der Waals surface area contributed by atoms with E-state index in [2.05, 4.69) is 15.9 Å². The molecule has 1 aromatic rings. The van der Waals surface area contributed by atoms with Gasteiger partial charge in [-0.25, -0.2) is 0 Å². The van der Waals surface area contributed by atoms with Crippen LogP contribution in [-0.4, -0.2) is 12.9 Å². The summed E-state index contributed by atoms with van der Waals surface area (Å²) in [4.78, 5) is 11.3. The molecule has 0 saturated heterocycles. The van der Waals surface area contributed by atoms with Gasteiger partial charge in [0.15, 0.2) is 5.78 Å². The Morgan fingerprint density at radius 1 is 1.57 bits per heavy atom. The Morgan fingerprint density at radius 2 is 2.21 bits per heavy atom. The average molecular weight is 254 g/mol. The molecule has 0 bridgehead atoms. The number of hydrogen-bond donors (Lipinski definition) is 0. The van der Waals surface area contributed by atoms with Crippen LogP contribution in [0.5, 0.6) is 5.75 Å². The Kier molecular flexibility index (Phi) is 3.26. The Morgan fingerprint density at radius 3 is 2.64 bits per heavy atom. The van der Waals surface area contributed by atoms with E-state index in [1.807, 2.05) is 6.07 Å². The fourth-order valence-electron chi connectivity index (χ4n) is 1.19. The number of methoxy groups -OCH3 is 1. The molecule has 72 valence electrons. The van der Waals surface area contributed by atoms with Crippen LogP contribution in [0, 0.1) is 11.3 Å². The molecule has 1 rings (SSSR count). The van der Waals surface area contributed by atoms with Crippen molar-refractivity contribution in [2.75, 3.05) is 7.11 Å². The van der Waals surface area contributed by atoms with E-state index in [4.69, 9.17) is 10.00 Å². The Bertz CT molecular complexity index is 421. The molecule has 0 fully saturated rings. The highest BCUT2D eigenvalue weighted by Crippen LogP contribution is 2.28. The van der Waals surface area contributed by atoms with E-state index < -0.39 is 0 Å². The van der Waals surface area contributed by atoms with E-state index in [1.54, 1.807) is 12.1 Å². The zero-order valence-corrected chi connectivity index (χ0v) is 9.38. The number of benzene rings is 1. The zero-order valence-electron chi connectivity index (χ0n) is 7.80. The molecule has 0 atom stereocenters. The van der Waals surface area contributed by atoms with Gasteiger partial charge in [-0.15, -0.1) is 0 Å². The number of carbonyl (C=O) groups excluding carboxylic acids is 1. The van der Waals surface area contributed by atoms with Crippen LogP contribution in [-0.2, 0) is 0 Å². The maximum Gasteiger partial charge on any atom is 0.164 e. The van der Waals surface area contributed by atoms with Gasteiger partial charge in [-0.1, -0.05) is 0 Å². The van der Waals surface area contributed by atoms with Crippen molar-refractivity contribution >= 4 is 21.7 Å². The smallest absolute Gasteiger partial charge is 0.164 e. The summed E-state index contributed by atoms with van der Waals surface area (Å²) >= 11 is 3.21. The van der Waals surface area contributed by atoms with Crippen LogP contribution < -0.4 is 4.74 Å². The predicted octanol–water partition coefficient (Wildman–Crippen LogP) is 2.53. The number of carbonyl (C=O) groups is 1. The lowest BCUT2D eigenvalue weighted by molar-refractivity contribution is 0.101. The zero-order chi connectivity index (χ0) is 10.7. The third kappa shape index (κ3) is 1.78. The van der Waals surface area contributed by atoms with Crippen molar-refractivity contribution in [1.29, 1.82) is 5.26 Å². The summed E-state index contributed by atoms with van der Waals surface area (Å²) in [5.74, 6) is 0.247. The number of nitrogens with zero attached hydrogens (tertiary/aromatic N) is 1. The maximum atomic E-state index is 11.3. The van der Waals surface area contributed by atoms with Gasteiger partial charge in [-0.3, -0.25) is 4.79 Å². The van der Waals surface area contributed by atoms with Gasteiger partial charge >= 0.3 is 0 Å². The van der Waals surface area contributed by atoms with E-state index in [1.165, 1.54) is 14.0 Å². The molecule has 0 aromatic heterocycles. The van der Waals surface area contributed by atoms with Crippen LogP contribution in [0.3, 0.4) is 0 Å². The van der Waals surface area contributed by atoms with Gasteiger partial charge in [-0.2, -0.15) is 5.26 Å². The highest BCUT2D eigenvalue weighted by Gasteiger charge is 2.16. The number of ketones is 1. The second kappa shape index (κ2) is 4.25. The molecule has 0 N–H and O–H groups in total. The van der Waals surface area contributed by atoms with Crippen LogP contribution >= 0.6 is 15.9 Å². The summed E-state index contributed by atoms with van der Waals surface area (Å²) in [6.07, 6.45) is 0. The molecular weight excluding hydrogens is 246 g/mol. The van der Waals surface area contributed by atoms with E-state index in [0.717, 1.165) is 0 Å². The highest BCUT2D eigenvalue weighted by atomic mass is 79.9. The molecule has 0 aliphatic rings. The Labute approximate surface area is 90.4 Å². The largest absolute Gasteiger partial charge is 0.496 e. The van der Waals surface area contributed by atoms with Gasteiger partial charge in [0.05, 0.1) is 18.2 Å². The first kappa shape index (κ1) is 10.7. The second-order valence-corrected chi connectivity index (χ2v) is 3.52. The fraction of sp³-hybridized carbons (Fsp3) is 0.200. The summed E-state index contributed by atoms with van der Waals surface area (Å²) < 4.78 is 5.61. The van der Waals surface area contributed by atoms with Crippen LogP contribution in [0.2, 0.25) is 0 Å². The normalized spacial score (nSPS) is 9.29. The predicted molar refractivity (Wildman–Crippen MR) is 55.4 cm³/mol. The minimum absolute atomic E-state index is 0.181. The molecule has 0 spiro atoms. The molecule has 0 aliphatic heterocycles. The first-order valence-corrected chi connectivity index (χ1v) is 4.68. The molecule has 0 saturated carbocycles. The lowest BCUT2D eigenvalue weighted by atomic mass is 10.0. The SMILES string of the molecule is COc1ccc(Br)c(C#N)c1C(C)=O. The molecule has 14 heavy (non-hydrogen) atoms. The van der Waals surface area contributed by atoms with E-state index >= 15 is 0 Å². The minimum atomic E-state index is -0.181. The maximum absolute atomic E-state index is 11.3. The summed E-state index contributed by atoms with van der Waals surface area (Å²) in [6, 6.07) is 5.31. The first-order valence-electron chi connectivity index (χ1n) is 3.89. The highest BCUT2D eigenvalue weighted by molar-refractivity contribution is 9.10. The number of Topliss-reactive ketones (excluding diaryl/α,β-unsaturated/α-hetero) is 1. The van der Waals surface area contributed by atoms with Crippen LogP contribution in [0.4, 0.5) is 0 Å². The average Bonchev–Trinajstić information content (AvgIpc) is 2.17. The molecule has 0 amide bonds. The monoisotopic (exact) mass is 253 g/mol. The summed E-state index contributed by atoms with van der Waals surface area (Å²) in [5.41, 5.74) is 0.640. The summed E-state index contributed by atoms with van der Waals surface area (Å²) in [7, 11) is 1.47. The third-order valence-electron chi connectivity index (χ3n) is 1.80. The number of nitriles is 1. The van der Waals surface area contributed by atoms with Crippen molar-refractivity contribution in [2.24, 2.45) is 0 Å². The number of hydrogen-bond acceptors (Lipinski definition) is 3. The van der Waals surface area contributed by atoms with Gasteiger partial charge in [0.25, 0.3) is 0 Å². The molecule has 1 aromatic carbocycles. The van der Waals surface area contributed by atoms with Crippen molar-refractivity contribution in [2.45, 2.75) is 6.92 Å². The second-order valence-electron chi connectivity index (χ2n) is 2.67. The van der Waals surface area contributed by atoms with Crippen LogP contribution in [0.15, 0.2) is 16.6 Å². The molecule has 0 aliphatic carbocycles. The lowest BCUT2D eigenvalue weighted by Crippen LogP contribution is -2.01. The summed E-state index contributed by atoms with van der Waals surface area (Å²) in [6.45, 7) is 1.41. The fourth-order valence-corrected chi connectivity index (χ4v) is 1.61. The van der Waals surface area contributed by atoms with Gasteiger partial charge in [0.2, 0.25) is 0 Å². The molecule has 4 heteroatoms. The van der Waals surface area contributed by atoms with Crippen molar-refractivity contribution in [3.63, 3.8) is 0 Å². The molecular formula is C10H8BrNO2.